The Balaban J connectivity index is 1.80. The van der Waals surface area contributed by atoms with Crippen LogP contribution in [-0.4, -0.2) is 32.7 Å². The molecular formula is C13H16N4S. The van der Waals surface area contributed by atoms with Gasteiger partial charge < -0.3 is 5.32 Å². The van der Waals surface area contributed by atoms with Gasteiger partial charge in [-0.25, -0.2) is 4.98 Å². The first-order chi connectivity index (χ1) is 8.81. The molecule has 5 heteroatoms. The van der Waals surface area contributed by atoms with E-state index in [2.05, 4.69) is 32.6 Å². The molecule has 1 fully saturated rings. The molecule has 2 heterocycles. The van der Waals surface area contributed by atoms with Gasteiger partial charge in [0.1, 0.15) is 5.82 Å². The van der Waals surface area contributed by atoms with Gasteiger partial charge in [0.15, 0.2) is 5.82 Å². The molecular weight excluding hydrogens is 244 g/mol. The van der Waals surface area contributed by atoms with Crippen LogP contribution in [0.2, 0.25) is 0 Å². The zero-order valence-electron chi connectivity index (χ0n) is 10.3. The van der Waals surface area contributed by atoms with Gasteiger partial charge in [0, 0.05) is 23.0 Å². The van der Waals surface area contributed by atoms with E-state index < -0.39 is 0 Å². The van der Waals surface area contributed by atoms with Gasteiger partial charge >= 0.3 is 0 Å². The van der Waals surface area contributed by atoms with Crippen LogP contribution in [-0.2, 0) is 0 Å². The summed E-state index contributed by atoms with van der Waals surface area (Å²) in [5.74, 6) is 4.06. The Labute approximate surface area is 111 Å². The average molecular weight is 260 g/mol. The molecule has 94 valence electrons. The summed E-state index contributed by atoms with van der Waals surface area (Å²) in [5, 5.41) is 10.6. The highest BCUT2D eigenvalue weighted by Crippen LogP contribution is 2.24. The van der Waals surface area contributed by atoms with Gasteiger partial charge in [0.05, 0.1) is 0 Å². The molecule has 0 saturated carbocycles. The lowest BCUT2D eigenvalue weighted by Crippen LogP contribution is -2.17. The highest BCUT2D eigenvalue weighted by Gasteiger charge is 2.15. The fraction of sp³-hybridized carbons (Fsp3) is 0.385. The van der Waals surface area contributed by atoms with Crippen molar-refractivity contribution in [3.8, 4) is 11.4 Å². The van der Waals surface area contributed by atoms with Gasteiger partial charge in [-0.15, -0.1) is 0 Å². The van der Waals surface area contributed by atoms with Gasteiger partial charge in [0.25, 0.3) is 0 Å². The highest BCUT2D eigenvalue weighted by molar-refractivity contribution is 7.99. The molecule has 0 aliphatic carbocycles. The average Bonchev–Trinajstić information content (AvgIpc) is 3.01. The maximum absolute atomic E-state index is 4.36. The van der Waals surface area contributed by atoms with Crippen molar-refractivity contribution in [2.24, 2.45) is 0 Å². The summed E-state index contributed by atoms with van der Waals surface area (Å²) in [7, 11) is 0. The van der Waals surface area contributed by atoms with Crippen molar-refractivity contribution in [2.45, 2.75) is 19.4 Å². The second-order valence-electron chi connectivity index (χ2n) is 4.53. The smallest absolute Gasteiger partial charge is 0.181 e. The number of nitrogens with zero attached hydrogens (tertiary/aromatic N) is 2. The number of aryl methyl sites for hydroxylation is 1. The summed E-state index contributed by atoms with van der Waals surface area (Å²) in [6.45, 7) is 1.91. The molecule has 3 rings (SSSR count). The predicted octanol–water partition coefficient (Wildman–Crippen LogP) is 2.70. The number of rotatable bonds is 3. The largest absolute Gasteiger partial charge is 0.381 e. The minimum atomic E-state index is 0.596. The van der Waals surface area contributed by atoms with Gasteiger partial charge in [-0.3, -0.25) is 5.10 Å². The van der Waals surface area contributed by atoms with E-state index in [1.807, 2.05) is 30.8 Å². The molecule has 1 saturated heterocycles. The van der Waals surface area contributed by atoms with Crippen LogP contribution in [0.4, 0.5) is 5.69 Å². The van der Waals surface area contributed by atoms with Crippen molar-refractivity contribution >= 4 is 17.4 Å². The number of H-pyrrole nitrogens is 1. The third kappa shape index (κ3) is 2.51. The topological polar surface area (TPSA) is 53.6 Å². The molecule has 2 aromatic rings. The van der Waals surface area contributed by atoms with Crippen LogP contribution in [0.3, 0.4) is 0 Å². The van der Waals surface area contributed by atoms with E-state index in [0.717, 1.165) is 22.9 Å². The zero-order valence-corrected chi connectivity index (χ0v) is 11.1. The van der Waals surface area contributed by atoms with Gasteiger partial charge in [0.2, 0.25) is 0 Å². The Kier molecular flexibility index (Phi) is 3.23. The van der Waals surface area contributed by atoms with Crippen LogP contribution in [0.1, 0.15) is 12.2 Å². The van der Waals surface area contributed by atoms with Gasteiger partial charge in [-0.1, -0.05) is 12.1 Å². The molecule has 2 N–H and O–H groups in total. The summed E-state index contributed by atoms with van der Waals surface area (Å²) in [6.07, 6.45) is 1.24. The quantitative estimate of drug-likeness (QED) is 0.891. The summed E-state index contributed by atoms with van der Waals surface area (Å²) >= 11 is 2.01. The van der Waals surface area contributed by atoms with Crippen molar-refractivity contribution in [2.75, 3.05) is 16.8 Å². The lowest BCUT2D eigenvalue weighted by molar-refractivity contribution is 0.813. The fourth-order valence-electron chi connectivity index (χ4n) is 2.10. The first kappa shape index (κ1) is 11.6. The molecule has 0 spiro atoms. The maximum Gasteiger partial charge on any atom is 0.181 e. The van der Waals surface area contributed by atoms with Crippen molar-refractivity contribution in [1.29, 1.82) is 0 Å². The SMILES string of the molecule is Cc1nc(-c2cccc(NC3CCSC3)c2)n[nH]1. The Bertz CT molecular complexity index is 531. The molecule has 18 heavy (non-hydrogen) atoms. The maximum atomic E-state index is 4.36. The number of benzene rings is 1. The second kappa shape index (κ2) is 5.02. The van der Waals surface area contributed by atoms with Crippen molar-refractivity contribution < 1.29 is 0 Å². The molecule has 1 atom stereocenters. The number of thioether (sulfide) groups is 1. The Morgan fingerprint density at radius 2 is 2.39 bits per heavy atom. The number of anilines is 1. The number of hydrogen-bond acceptors (Lipinski definition) is 4. The molecule has 4 nitrogen and oxygen atoms in total. The second-order valence-corrected chi connectivity index (χ2v) is 5.68. The number of aromatic nitrogens is 3. The third-order valence-corrected chi connectivity index (χ3v) is 4.18. The van der Waals surface area contributed by atoms with Crippen LogP contribution in [0.15, 0.2) is 24.3 Å². The lowest BCUT2D eigenvalue weighted by atomic mass is 10.1. The summed E-state index contributed by atoms with van der Waals surface area (Å²) < 4.78 is 0. The minimum Gasteiger partial charge on any atom is -0.381 e. The van der Waals surface area contributed by atoms with Gasteiger partial charge in [-0.05, 0) is 31.2 Å². The molecule has 0 amide bonds. The molecule has 1 aromatic carbocycles. The summed E-state index contributed by atoms with van der Waals surface area (Å²) in [5.41, 5.74) is 2.21. The Morgan fingerprint density at radius 3 is 3.11 bits per heavy atom. The molecule has 1 aliphatic rings. The summed E-state index contributed by atoms with van der Waals surface area (Å²) in [6, 6.07) is 8.90. The molecule has 0 radical (unpaired) electrons. The number of hydrogen-bond donors (Lipinski definition) is 2. The summed E-state index contributed by atoms with van der Waals surface area (Å²) in [4.78, 5) is 4.36. The van der Waals surface area contributed by atoms with E-state index in [0.29, 0.717) is 6.04 Å². The van der Waals surface area contributed by atoms with E-state index in [4.69, 9.17) is 0 Å². The zero-order chi connectivity index (χ0) is 12.4. The van der Waals surface area contributed by atoms with E-state index in [9.17, 15) is 0 Å². The predicted molar refractivity (Wildman–Crippen MR) is 75.9 cm³/mol. The molecule has 0 bridgehead atoms. The van der Waals surface area contributed by atoms with Crippen LogP contribution < -0.4 is 5.32 Å². The Morgan fingerprint density at radius 1 is 1.44 bits per heavy atom. The van der Waals surface area contributed by atoms with Crippen molar-refractivity contribution in [3.63, 3.8) is 0 Å². The monoisotopic (exact) mass is 260 g/mol. The third-order valence-electron chi connectivity index (χ3n) is 3.02. The molecule has 1 aromatic heterocycles. The van der Waals surface area contributed by atoms with Crippen LogP contribution in [0.25, 0.3) is 11.4 Å². The van der Waals surface area contributed by atoms with E-state index in [1.54, 1.807) is 0 Å². The van der Waals surface area contributed by atoms with E-state index in [-0.39, 0.29) is 0 Å². The Hall–Kier alpha value is -1.49. The van der Waals surface area contributed by atoms with E-state index >= 15 is 0 Å². The van der Waals surface area contributed by atoms with Crippen LogP contribution >= 0.6 is 11.8 Å². The highest BCUT2D eigenvalue weighted by atomic mass is 32.2. The standard InChI is InChI=1S/C13H16N4S/c1-9-14-13(17-16-9)10-3-2-4-11(7-10)15-12-5-6-18-8-12/h2-4,7,12,15H,5-6,8H2,1H3,(H,14,16,17). The van der Waals surface area contributed by atoms with Crippen molar-refractivity contribution in [3.05, 3.63) is 30.1 Å². The van der Waals surface area contributed by atoms with Crippen LogP contribution in [0, 0.1) is 6.92 Å². The van der Waals surface area contributed by atoms with Gasteiger partial charge in [-0.2, -0.15) is 16.9 Å². The number of nitrogens with one attached hydrogen (secondary N) is 2. The first-order valence-corrected chi connectivity index (χ1v) is 7.30. The van der Waals surface area contributed by atoms with Crippen molar-refractivity contribution in [1.82, 2.24) is 15.2 Å². The first-order valence-electron chi connectivity index (χ1n) is 6.15. The number of aromatic amines is 1. The van der Waals surface area contributed by atoms with Crippen LogP contribution in [0.5, 0.6) is 0 Å². The van der Waals surface area contributed by atoms with E-state index in [1.165, 1.54) is 17.9 Å². The molecule has 1 unspecified atom stereocenters. The lowest BCUT2D eigenvalue weighted by Gasteiger charge is -2.13. The minimum absolute atomic E-state index is 0.596. The molecule has 1 aliphatic heterocycles. The normalized spacial score (nSPS) is 19.1. The fourth-order valence-corrected chi connectivity index (χ4v) is 3.26.